The highest BCUT2D eigenvalue weighted by Gasteiger charge is 2.05. The van der Waals surface area contributed by atoms with Gasteiger partial charge in [0.2, 0.25) is 0 Å². The topological polar surface area (TPSA) is 15.3 Å². The van der Waals surface area contributed by atoms with E-state index in [4.69, 9.17) is 0 Å². The molecule has 0 bridgehead atoms. The molecule has 0 spiro atoms. The van der Waals surface area contributed by atoms with Crippen LogP contribution in [0.2, 0.25) is 0 Å². The van der Waals surface area contributed by atoms with E-state index in [1.165, 1.54) is 57.3 Å². The van der Waals surface area contributed by atoms with Crippen molar-refractivity contribution in [3.63, 3.8) is 0 Å². The molecule has 0 amide bonds. The molecular weight excluding hydrogens is 184 g/mol. The van der Waals surface area contributed by atoms with Gasteiger partial charge < -0.3 is 10.2 Å². The average molecular weight is 206 g/mol. The first-order valence-corrected chi connectivity index (χ1v) is 6.30. The number of piperidine rings is 2. The summed E-state index contributed by atoms with van der Waals surface area (Å²) >= 11 is 0. The largest absolute Gasteiger partial charge is 0.388 e. The minimum atomic E-state index is 1.16. The third kappa shape index (κ3) is 3.61. The molecule has 0 aromatic heterocycles. The minimum Gasteiger partial charge on any atom is -0.388 e. The maximum absolute atomic E-state index is 3.45. The number of likely N-dealkylation sites (tertiary alicyclic amines) is 1. The molecule has 2 heteroatoms. The highest BCUT2D eigenvalue weighted by molar-refractivity contribution is 5.12. The Morgan fingerprint density at radius 3 is 2.60 bits per heavy atom. The zero-order chi connectivity index (χ0) is 10.3. The Labute approximate surface area is 93.0 Å². The van der Waals surface area contributed by atoms with Gasteiger partial charge in [0.1, 0.15) is 0 Å². The van der Waals surface area contributed by atoms with E-state index < -0.39 is 0 Å². The summed E-state index contributed by atoms with van der Waals surface area (Å²) < 4.78 is 0. The lowest BCUT2D eigenvalue weighted by Crippen LogP contribution is -2.24. The molecule has 0 unspecified atom stereocenters. The molecule has 2 saturated heterocycles. The summed E-state index contributed by atoms with van der Waals surface area (Å²) in [5, 5.41) is 3.45. The smallest absolute Gasteiger partial charge is 0.0172 e. The summed E-state index contributed by atoms with van der Waals surface area (Å²) in [7, 11) is 0. The summed E-state index contributed by atoms with van der Waals surface area (Å²) in [6.07, 6.45) is 14.7. The number of hydrogen-bond acceptors (Lipinski definition) is 2. The van der Waals surface area contributed by atoms with Gasteiger partial charge >= 0.3 is 0 Å². The fraction of sp³-hybridized carbons (Fsp3) is 0.692. The van der Waals surface area contributed by atoms with Crippen LogP contribution in [0.15, 0.2) is 24.0 Å². The highest BCUT2D eigenvalue weighted by Crippen LogP contribution is 2.11. The number of nitrogens with zero attached hydrogens (tertiary/aromatic N) is 1. The van der Waals surface area contributed by atoms with Gasteiger partial charge in [-0.15, -0.1) is 0 Å². The Morgan fingerprint density at radius 1 is 1.00 bits per heavy atom. The Kier molecular flexibility index (Phi) is 4.12. The molecule has 2 heterocycles. The third-order valence-electron chi connectivity index (χ3n) is 3.21. The van der Waals surface area contributed by atoms with Crippen molar-refractivity contribution >= 4 is 0 Å². The normalized spacial score (nSPS) is 25.9. The molecule has 0 aromatic carbocycles. The van der Waals surface area contributed by atoms with E-state index in [1.807, 2.05) is 0 Å². The maximum atomic E-state index is 3.45. The van der Waals surface area contributed by atoms with Crippen LogP contribution >= 0.6 is 0 Å². The van der Waals surface area contributed by atoms with Crippen LogP contribution in [0, 0.1) is 0 Å². The summed E-state index contributed by atoms with van der Waals surface area (Å²) in [5.41, 5.74) is 1.41. The third-order valence-corrected chi connectivity index (χ3v) is 3.21. The standard InChI is InChI=1S/C13H22N2/c1-4-10-15(11-5-1)12-6-8-13-7-2-3-9-14-13/h6,8,12,14H,1-5,7,9-11H2. The zero-order valence-electron chi connectivity index (χ0n) is 9.54. The minimum absolute atomic E-state index is 1.16. The fourth-order valence-electron chi connectivity index (χ4n) is 2.27. The molecule has 2 aliphatic rings. The van der Waals surface area contributed by atoms with E-state index in [9.17, 15) is 0 Å². The maximum Gasteiger partial charge on any atom is 0.0172 e. The van der Waals surface area contributed by atoms with Crippen molar-refractivity contribution in [1.82, 2.24) is 10.2 Å². The molecule has 0 atom stereocenters. The molecular formula is C13H22N2. The Balaban J connectivity index is 1.77. The predicted octanol–water partition coefficient (Wildman–Crippen LogP) is 2.64. The van der Waals surface area contributed by atoms with Crippen LogP contribution < -0.4 is 5.32 Å². The van der Waals surface area contributed by atoms with Gasteiger partial charge in [0.25, 0.3) is 0 Å². The van der Waals surface area contributed by atoms with Crippen LogP contribution in [0.3, 0.4) is 0 Å². The van der Waals surface area contributed by atoms with Gasteiger partial charge in [-0.25, -0.2) is 0 Å². The van der Waals surface area contributed by atoms with Crippen molar-refractivity contribution in [3.8, 4) is 0 Å². The van der Waals surface area contributed by atoms with Crippen LogP contribution in [0.25, 0.3) is 0 Å². The van der Waals surface area contributed by atoms with Gasteiger partial charge in [-0.3, -0.25) is 0 Å². The molecule has 2 fully saturated rings. The SMILES string of the molecule is C(=CN1CCCCC1)C=C1CCCCN1. The molecule has 0 saturated carbocycles. The molecule has 2 rings (SSSR count). The van der Waals surface area contributed by atoms with Gasteiger partial charge in [0.05, 0.1) is 0 Å². The van der Waals surface area contributed by atoms with Crippen molar-refractivity contribution < 1.29 is 0 Å². The van der Waals surface area contributed by atoms with E-state index in [2.05, 4.69) is 28.6 Å². The first-order valence-electron chi connectivity index (χ1n) is 6.30. The molecule has 2 aliphatic heterocycles. The van der Waals surface area contributed by atoms with Crippen LogP contribution in [-0.4, -0.2) is 24.5 Å². The Hall–Kier alpha value is -0.920. The number of allylic oxidation sites excluding steroid dienone is 3. The van der Waals surface area contributed by atoms with E-state index >= 15 is 0 Å². The van der Waals surface area contributed by atoms with E-state index in [0.717, 1.165) is 6.54 Å². The lowest BCUT2D eigenvalue weighted by Gasteiger charge is -2.24. The lowest BCUT2D eigenvalue weighted by molar-refractivity contribution is 0.309. The van der Waals surface area contributed by atoms with E-state index in [1.54, 1.807) is 0 Å². The van der Waals surface area contributed by atoms with E-state index in [0.29, 0.717) is 0 Å². The van der Waals surface area contributed by atoms with Gasteiger partial charge in [-0.1, -0.05) is 0 Å². The van der Waals surface area contributed by atoms with Crippen molar-refractivity contribution in [2.24, 2.45) is 0 Å². The number of nitrogens with one attached hydrogen (secondary N) is 1. The van der Waals surface area contributed by atoms with Gasteiger partial charge in [0.15, 0.2) is 0 Å². The monoisotopic (exact) mass is 206 g/mol. The van der Waals surface area contributed by atoms with E-state index in [-0.39, 0.29) is 0 Å². The molecule has 84 valence electrons. The quantitative estimate of drug-likeness (QED) is 0.747. The molecule has 1 N–H and O–H groups in total. The predicted molar refractivity (Wildman–Crippen MR) is 64.5 cm³/mol. The van der Waals surface area contributed by atoms with Crippen LogP contribution in [0.1, 0.15) is 38.5 Å². The first-order chi connectivity index (χ1) is 7.45. The summed E-state index contributed by atoms with van der Waals surface area (Å²) in [5.74, 6) is 0. The second kappa shape index (κ2) is 5.84. The Bertz CT molecular complexity index is 229. The fourth-order valence-corrected chi connectivity index (χ4v) is 2.27. The molecule has 0 aliphatic carbocycles. The number of rotatable bonds is 2. The summed E-state index contributed by atoms with van der Waals surface area (Å²) in [4.78, 5) is 2.43. The Morgan fingerprint density at radius 2 is 1.87 bits per heavy atom. The summed E-state index contributed by atoms with van der Waals surface area (Å²) in [6, 6.07) is 0. The van der Waals surface area contributed by atoms with Crippen LogP contribution in [-0.2, 0) is 0 Å². The summed E-state index contributed by atoms with van der Waals surface area (Å²) in [6.45, 7) is 3.64. The van der Waals surface area contributed by atoms with Crippen molar-refractivity contribution in [1.29, 1.82) is 0 Å². The molecule has 0 aromatic rings. The van der Waals surface area contributed by atoms with Gasteiger partial charge in [-0.2, -0.15) is 0 Å². The first kappa shape index (κ1) is 10.6. The molecule has 15 heavy (non-hydrogen) atoms. The van der Waals surface area contributed by atoms with Crippen LogP contribution in [0.4, 0.5) is 0 Å². The van der Waals surface area contributed by atoms with Crippen molar-refractivity contribution in [3.05, 3.63) is 24.0 Å². The number of hydrogen-bond donors (Lipinski definition) is 1. The van der Waals surface area contributed by atoms with Gasteiger partial charge in [-0.05, 0) is 56.9 Å². The highest BCUT2D eigenvalue weighted by atomic mass is 15.1. The molecule has 0 radical (unpaired) electrons. The lowest BCUT2D eigenvalue weighted by atomic mass is 10.1. The van der Waals surface area contributed by atoms with Gasteiger partial charge in [0, 0.05) is 25.3 Å². The van der Waals surface area contributed by atoms with Crippen molar-refractivity contribution in [2.75, 3.05) is 19.6 Å². The zero-order valence-corrected chi connectivity index (χ0v) is 9.54. The second-order valence-corrected chi connectivity index (χ2v) is 4.51. The van der Waals surface area contributed by atoms with Crippen LogP contribution in [0.5, 0.6) is 0 Å². The second-order valence-electron chi connectivity index (χ2n) is 4.51. The van der Waals surface area contributed by atoms with Crippen molar-refractivity contribution in [2.45, 2.75) is 38.5 Å². The average Bonchev–Trinajstić information content (AvgIpc) is 2.32. The molecule has 2 nitrogen and oxygen atoms in total.